The van der Waals surface area contributed by atoms with E-state index < -0.39 is 6.65 Å². The molecular weight excluding hydrogens is 307 g/mol. The second-order valence-electron chi connectivity index (χ2n) is 4.59. The van der Waals surface area contributed by atoms with Crippen molar-refractivity contribution >= 4 is 23.9 Å². The SMILES string of the molecule is CCC(C)SP(=O)(NC)N(C)C(=O)COc1ccccc1. The van der Waals surface area contributed by atoms with E-state index in [1.165, 1.54) is 16.1 Å². The molecule has 0 aliphatic heterocycles. The molecule has 0 bridgehead atoms. The summed E-state index contributed by atoms with van der Waals surface area (Å²) in [5.41, 5.74) is 0. The van der Waals surface area contributed by atoms with Crippen LogP contribution in [0.3, 0.4) is 0 Å². The van der Waals surface area contributed by atoms with Crippen LogP contribution < -0.4 is 9.82 Å². The predicted molar refractivity (Wildman–Crippen MR) is 88.7 cm³/mol. The van der Waals surface area contributed by atoms with Gasteiger partial charge in [0, 0.05) is 12.3 Å². The highest BCUT2D eigenvalue weighted by Crippen LogP contribution is 2.59. The third kappa shape index (κ3) is 5.38. The molecule has 2 unspecified atom stereocenters. The highest BCUT2D eigenvalue weighted by atomic mass is 32.7. The highest BCUT2D eigenvalue weighted by Gasteiger charge is 2.32. The van der Waals surface area contributed by atoms with Crippen LogP contribution in [0.1, 0.15) is 20.3 Å². The van der Waals surface area contributed by atoms with E-state index in [0.29, 0.717) is 5.75 Å². The Hall–Kier alpha value is -0.970. The van der Waals surface area contributed by atoms with Crippen LogP contribution in [0.15, 0.2) is 30.3 Å². The Bertz CT molecular complexity index is 498. The van der Waals surface area contributed by atoms with Crippen molar-refractivity contribution in [3.63, 3.8) is 0 Å². The smallest absolute Gasteiger partial charge is 0.294 e. The maximum Gasteiger partial charge on any atom is 0.294 e. The van der Waals surface area contributed by atoms with Gasteiger partial charge in [-0.25, -0.2) is 5.09 Å². The van der Waals surface area contributed by atoms with Crippen molar-refractivity contribution in [3.8, 4) is 5.75 Å². The van der Waals surface area contributed by atoms with Crippen LogP contribution in [0.2, 0.25) is 0 Å². The Morgan fingerprint density at radius 3 is 2.57 bits per heavy atom. The molecule has 1 N–H and O–H groups in total. The third-order valence-corrected chi connectivity index (χ3v) is 8.82. The number of nitrogens with one attached hydrogen (secondary N) is 1. The monoisotopic (exact) mass is 330 g/mol. The lowest BCUT2D eigenvalue weighted by molar-refractivity contribution is -0.127. The summed E-state index contributed by atoms with van der Waals surface area (Å²) in [6.45, 7) is 0.917. The average Bonchev–Trinajstić information content (AvgIpc) is 2.52. The molecule has 5 nitrogen and oxygen atoms in total. The molecular formula is C14H23N2O3PS. The van der Waals surface area contributed by atoms with Gasteiger partial charge >= 0.3 is 0 Å². The summed E-state index contributed by atoms with van der Waals surface area (Å²) in [7, 11) is 3.15. The van der Waals surface area contributed by atoms with Crippen LogP contribution in [0.4, 0.5) is 0 Å². The number of carbonyl (C=O) groups excluding carboxylic acids is 1. The van der Waals surface area contributed by atoms with Gasteiger partial charge in [-0.1, -0.05) is 43.4 Å². The molecule has 0 spiro atoms. The minimum Gasteiger partial charge on any atom is -0.484 e. The van der Waals surface area contributed by atoms with Crippen molar-refractivity contribution in [2.24, 2.45) is 0 Å². The topological polar surface area (TPSA) is 58.6 Å². The first kappa shape index (κ1) is 18.1. The molecule has 2 atom stereocenters. The van der Waals surface area contributed by atoms with Crippen LogP contribution in [0.5, 0.6) is 5.75 Å². The lowest BCUT2D eigenvalue weighted by Gasteiger charge is -2.28. The van der Waals surface area contributed by atoms with Gasteiger partial charge < -0.3 is 4.74 Å². The highest BCUT2D eigenvalue weighted by molar-refractivity contribution is 8.57. The molecule has 0 radical (unpaired) electrons. The molecule has 1 rings (SSSR count). The fourth-order valence-corrected chi connectivity index (χ4v) is 5.95. The van der Waals surface area contributed by atoms with Gasteiger partial charge in [0.25, 0.3) is 12.6 Å². The van der Waals surface area contributed by atoms with Crippen LogP contribution in [-0.4, -0.2) is 36.5 Å². The normalized spacial score (nSPS) is 15.0. The number of amides is 1. The third-order valence-electron chi connectivity index (χ3n) is 3.04. The van der Waals surface area contributed by atoms with Gasteiger partial charge in [0.05, 0.1) is 0 Å². The van der Waals surface area contributed by atoms with E-state index in [1.54, 1.807) is 26.2 Å². The first-order valence-corrected chi connectivity index (χ1v) is 9.99. The molecule has 0 saturated carbocycles. The van der Waals surface area contributed by atoms with Crippen molar-refractivity contribution < 1.29 is 14.1 Å². The summed E-state index contributed by atoms with van der Waals surface area (Å²) in [6, 6.07) is 9.10. The van der Waals surface area contributed by atoms with Gasteiger partial charge in [-0.3, -0.25) is 14.0 Å². The maximum atomic E-state index is 12.8. The van der Waals surface area contributed by atoms with E-state index in [-0.39, 0.29) is 17.8 Å². The number of hydrogen-bond acceptors (Lipinski definition) is 4. The Labute approximate surface area is 130 Å². The Kier molecular flexibility index (Phi) is 7.29. The van der Waals surface area contributed by atoms with Gasteiger partial charge in [-0.2, -0.15) is 0 Å². The first-order valence-electron chi connectivity index (χ1n) is 6.85. The number of carbonyl (C=O) groups is 1. The molecule has 1 aromatic carbocycles. The second-order valence-corrected chi connectivity index (χ2v) is 9.81. The van der Waals surface area contributed by atoms with Gasteiger partial charge in [0.2, 0.25) is 0 Å². The van der Waals surface area contributed by atoms with Gasteiger partial charge in [0.1, 0.15) is 5.75 Å². The molecule has 21 heavy (non-hydrogen) atoms. The van der Waals surface area contributed by atoms with Crippen LogP contribution >= 0.6 is 18.0 Å². The van der Waals surface area contributed by atoms with Gasteiger partial charge in [-0.15, -0.1) is 0 Å². The summed E-state index contributed by atoms with van der Waals surface area (Å²) < 4.78 is 19.5. The van der Waals surface area contributed by atoms with Crippen molar-refractivity contribution in [1.29, 1.82) is 0 Å². The zero-order valence-corrected chi connectivity index (χ0v) is 14.6. The zero-order valence-electron chi connectivity index (χ0n) is 12.9. The molecule has 0 aliphatic carbocycles. The van der Waals surface area contributed by atoms with Crippen molar-refractivity contribution in [3.05, 3.63) is 30.3 Å². The molecule has 1 amide bonds. The minimum absolute atomic E-state index is 0.132. The molecule has 0 saturated heterocycles. The Morgan fingerprint density at radius 1 is 1.43 bits per heavy atom. The lowest BCUT2D eigenvalue weighted by Crippen LogP contribution is -2.32. The minimum atomic E-state index is -2.97. The quantitative estimate of drug-likeness (QED) is 0.741. The molecule has 0 aromatic heterocycles. The fourth-order valence-electron chi connectivity index (χ4n) is 1.49. The first-order chi connectivity index (χ1) is 9.92. The predicted octanol–water partition coefficient (Wildman–Crippen LogP) is 3.38. The number of rotatable bonds is 8. The fraction of sp³-hybridized carbons (Fsp3) is 0.500. The molecule has 0 aliphatic rings. The number of hydrogen-bond donors (Lipinski definition) is 1. The molecule has 118 valence electrons. The molecule has 0 fully saturated rings. The van der Waals surface area contributed by atoms with Crippen molar-refractivity contribution in [2.45, 2.75) is 25.5 Å². The number of likely N-dealkylation sites (N-methyl/N-ethyl adjacent to an activating group) is 1. The number of ether oxygens (including phenoxy) is 1. The summed E-state index contributed by atoms with van der Waals surface area (Å²) in [5, 5.41) is 2.99. The number of para-hydroxylation sites is 1. The van der Waals surface area contributed by atoms with E-state index in [1.807, 2.05) is 32.0 Å². The van der Waals surface area contributed by atoms with E-state index >= 15 is 0 Å². The van der Waals surface area contributed by atoms with Crippen molar-refractivity contribution in [2.75, 3.05) is 20.7 Å². The molecule has 7 heteroatoms. The summed E-state index contributed by atoms with van der Waals surface area (Å²) >= 11 is 1.30. The number of benzene rings is 1. The van der Waals surface area contributed by atoms with Gasteiger partial charge in [-0.05, 0) is 25.6 Å². The standard InChI is InChI=1S/C14H23N2O3PS/c1-5-12(2)21-20(18,15-3)16(4)14(17)11-19-13-9-7-6-8-10-13/h6-10,12H,5,11H2,1-4H3,(H,15,18). The van der Waals surface area contributed by atoms with Crippen LogP contribution in [0.25, 0.3) is 0 Å². The van der Waals surface area contributed by atoms with E-state index in [4.69, 9.17) is 4.74 Å². The molecule has 1 aromatic rings. The summed E-state index contributed by atoms with van der Waals surface area (Å²) in [5.74, 6) is 0.306. The van der Waals surface area contributed by atoms with E-state index in [9.17, 15) is 9.36 Å². The zero-order chi connectivity index (χ0) is 15.9. The summed E-state index contributed by atoms with van der Waals surface area (Å²) in [4.78, 5) is 12.2. The number of nitrogens with zero attached hydrogens (tertiary/aromatic N) is 1. The van der Waals surface area contributed by atoms with Gasteiger partial charge in [0.15, 0.2) is 6.61 Å². The van der Waals surface area contributed by atoms with Crippen LogP contribution in [-0.2, 0) is 9.36 Å². The Balaban J connectivity index is 2.64. The van der Waals surface area contributed by atoms with Crippen LogP contribution in [0, 0.1) is 0 Å². The lowest BCUT2D eigenvalue weighted by atomic mass is 10.3. The van der Waals surface area contributed by atoms with E-state index in [2.05, 4.69) is 5.09 Å². The average molecular weight is 330 g/mol. The maximum absolute atomic E-state index is 12.8. The summed E-state index contributed by atoms with van der Waals surface area (Å²) in [6.07, 6.45) is 0.888. The largest absolute Gasteiger partial charge is 0.484 e. The second kappa shape index (κ2) is 8.47. The van der Waals surface area contributed by atoms with Crippen molar-refractivity contribution in [1.82, 2.24) is 9.76 Å². The molecule has 0 heterocycles. The Morgan fingerprint density at radius 2 is 2.05 bits per heavy atom. The van der Waals surface area contributed by atoms with E-state index in [0.717, 1.165) is 6.42 Å².